The van der Waals surface area contributed by atoms with Gasteiger partial charge in [0, 0.05) is 30.6 Å². The molecule has 1 aliphatic rings. The molecule has 0 spiro atoms. The number of carbonyl (C=O) groups is 1. The summed E-state index contributed by atoms with van der Waals surface area (Å²) in [5.41, 5.74) is 11.6. The van der Waals surface area contributed by atoms with E-state index in [1.165, 1.54) is 11.1 Å². The number of pyridine rings is 1. The fraction of sp³-hybridized carbons (Fsp3) is 0.250. The number of benzene rings is 2. The van der Waals surface area contributed by atoms with Gasteiger partial charge in [0.15, 0.2) is 0 Å². The number of rotatable bonds is 7. The van der Waals surface area contributed by atoms with Gasteiger partial charge in [0.25, 0.3) is 5.91 Å². The molecule has 3 N–H and O–H groups in total. The van der Waals surface area contributed by atoms with Crippen molar-refractivity contribution in [3.8, 4) is 22.3 Å². The van der Waals surface area contributed by atoms with Crippen molar-refractivity contribution in [2.45, 2.75) is 38.0 Å². The molecular weight excluding hydrogens is 438 g/mol. The molecule has 5 rings (SSSR count). The summed E-state index contributed by atoms with van der Waals surface area (Å²) < 4.78 is 7.95. The van der Waals surface area contributed by atoms with E-state index in [0.29, 0.717) is 12.2 Å². The molecule has 2 aromatic heterocycles. The van der Waals surface area contributed by atoms with E-state index in [9.17, 15) is 4.79 Å². The summed E-state index contributed by atoms with van der Waals surface area (Å²) in [6.07, 6.45) is 8.03. The molecule has 1 amide bonds. The lowest BCUT2D eigenvalue weighted by atomic mass is 10.0. The standard InChI is InChI=1S/C28H29N5O2/c1-33-17-23(16-31-33)22-14-24(27(29)30-15-22)28(34)32-25-8-5-9-26(25)35-18-19-10-12-21(13-11-19)20-6-3-2-4-7-20/h2-4,6-7,10-17,25-26H,5,8-9,18H2,1H3,(H2,29,30)(H,32,34)/t25-,26-/m0/s1. The lowest BCUT2D eigenvalue weighted by molar-refractivity contribution is 0.0272. The molecule has 7 nitrogen and oxygen atoms in total. The van der Waals surface area contributed by atoms with Gasteiger partial charge in [-0.15, -0.1) is 0 Å². The van der Waals surface area contributed by atoms with E-state index in [-0.39, 0.29) is 23.9 Å². The van der Waals surface area contributed by atoms with Gasteiger partial charge in [-0.25, -0.2) is 4.98 Å². The Labute approximate surface area is 205 Å². The third-order valence-corrected chi connectivity index (χ3v) is 6.50. The van der Waals surface area contributed by atoms with Gasteiger partial charge in [-0.1, -0.05) is 54.6 Å². The number of nitrogen functional groups attached to an aromatic ring is 1. The zero-order valence-electron chi connectivity index (χ0n) is 19.7. The van der Waals surface area contributed by atoms with Gasteiger partial charge in [-0.05, 0) is 42.0 Å². The number of aromatic nitrogens is 3. The van der Waals surface area contributed by atoms with E-state index >= 15 is 0 Å². The molecule has 4 aromatic rings. The number of nitrogens with zero attached hydrogens (tertiary/aromatic N) is 3. The van der Waals surface area contributed by atoms with E-state index in [4.69, 9.17) is 10.5 Å². The first-order valence-corrected chi connectivity index (χ1v) is 11.9. The summed E-state index contributed by atoms with van der Waals surface area (Å²) in [6.45, 7) is 0.506. The Morgan fingerprint density at radius 3 is 2.54 bits per heavy atom. The van der Waals surface area contributed by atoms with Crippen molar-refractivity contribution in [2.75, 3.05) is 5.73 Å². The number of anilines is 1. The van der Waals surface area contributed by atoms with E-state index in [1.54, 1.807) is 23.1 Å². The van der Waals surface area contributed by atoms with Gasteiger partial charge in [-0.2, -0.15) is 5.10 Å². The molecule has 1 aliphatic carbocycles. The number of hydrogen-bond donors (Lipinski definition) is 2. The maximum atomic E-state index is 13.1. The zero-order chi connectivity index (χ0) is 24.2. The highest BCUT2D eigenvalue weighted by Crippen LogP contribution is 2.26. The average molecular weight is 468 g/mol. The minimum atomic E-state index is -0.228. The Balaban J connectivity index is 1.21. The lowest BCUT2D eigenvalue weighted by Crippen LogP contribution is -2.41. The molecule has 0 unspecified atom stereocenters. The SMILES string of the molecule is Cn1cc(-c2cnc(N)c(C(=O)N[C@H]3CCC[C@@H]3OCc3ccc(-c4ccccc4)cc3)c2)cn1. The van der Waals surface area contributed by atoms with Crippen LogP contribution in [0.25, 0.3) is 22.3 Å². The summed E-state index contributed by atoms with van der Waals surface area (Å²) in [5, 5.41) is 7.32. The number of nitrogens with two attached hydrogens (primary N) is 1. The summed E-state index contributed by atoms with van der Waals surface area (Å²) in [7, 11) is 1.85. The van der Waals surface area contributed by atoms with Gasteiger partial charge >= 0.3 is 0 Å². The molecule has 1 fully saturated rings. The second-order valence-corrected chi connectivity index (χ2v) is 8.98. The van der Waals surface area contributed by atoms with Gasteiger partial charge in [0.05, 0.1) is 30.5 Å². The molecule has 1 saturated carbocycles. The Kier molecular flexibility index (Phi) is 6.59. The van der Waals surface area contributed by atoms with Crippen molar-refractivity contribution in [1.29, 1.82) is 0 Å². The van der Waals surface area contributed by atoms with Crippen LogP contribution in [-0.2, 0) is 18.4 Å². The second kappa shape index (κ2) is 10.1. The maximum absolute atomic E-state index is 13.1. The molecule has 178 valence electrons. The minimum absolute atomic E-state index is 0.0385. The van der Waals surface area contributed by atoms with Crippen LogP contribution in [0.1, 0.15) is 35.2 Å². The third-order valence-electron chi connectivity index (χ3n) is 6.50. The molecule has 0 bridgehead atoms. The van der Waals surface area contributed by atoms with E-state index in [1.807, 2.05) is 31.4 Å². The monoisotopic (exact) mass is 467 g/mol. The highest BCUT2D eigenvalue weighted by Gasteiger charge is 2.30. The number of hydrogen-bond acceptors (Lipinski definition) is 5. The number of aryl methyl sites for hydroxylation is 1. The number of ether oxygens (including phenoxy) is 1. The van der Waals surface area contributed by atoms with Gasteiger partial charge in [0.2, 0.25) is 0 Å². The second-order valence-electron chi connectivity index (χ2n) is 8.98. The molecule has 0 saturated heterocycles. The van der Waals surface area contributed by atoms with Crippen LogP contribution >= 0.6 is 0 Å². The van der Waals surface area contributed by atoms with Crippen LogP contribution in [0.2, 0.25) is 0 Å². The highest BCUT2D eigenvalue weighted by molar-refractivity contribution is 5.99. The quantitative estimate of drug-likeness (QED) is 0.414. The van der Waals surface area contributed by atoms with Crippen molar-refractivity contribution in [2.24, 2.45) is 7.05 Å². The van der Waals surface area contributed by atoms with Crippen molar-refractivity contribution >= 4 is 11.7 Å². The first kappa shape index (κ1) is 22.8. The highest BCUT2D eigenvalue weighted by atomic mass is 16.5. The lowest BCUT2D eigenvalue weighted by Gasteiger charge is -2.22. The van der Waals surface area contributed by atoms with Crippen LogP contribution in [0.15, 0.2) is 79.3 Å². The maximum Gasteiger partial charge on any atom is 0.255 e. The normalized spacial score (nSPS) is 17.4. The van der Waals surface area contributed by atoms with Crippen molar-refractivity contribution in [3.63, 3.8) is 0 Å². The van der Waals surface area contributed by atoms with Crippen molar-refractivity contribution in [3.05, 3.63) is 90.4 Å². The van der Waals surface area contributed by atoms with Gasteiger partial charge in [-0.3, -0.25) is 9.48 Å². The average Bonchev–Trinajstić information content (AvgIpc) is 3.52. The summed E-state index contributed by atoms with van der Waals surface area (Å²) in [5.74, 6) is -0.0161. The summed E-state index contributed by atoms with van der Waals surface area (Å²) in [4.78, 5) is 17.3. The fourth-order valence-corrected chi connectivity index (χ4v) is 4.55. The van der Waals surface area contributed by atoms with Gasteiger partial charge < -0.3 is 15.8 Å². The first-order chi connectivity index (χ1) is 17.1. The molecule has 7 heteroatoms. The predicted octanol–water partition coefficient (Wildman–Crippen LogP) is 4.60. The van der Waals surface area contributed by atoms with Crippen LogP contribution in [0.3, 0.4) is 0 Å². The fourth-order valence-electron chi connectivity index (χ4n) is 4.55. The smallest absolute Gasteiger partial charge is 0.255 e. The molecule has 0 aliphatic heterocycles. The Bertz CT molecular complexity index is 1300. The topological polar surface area (TPSA) is 95.1 Å². The number of nitrogens with one attached hydrogen (secondary N) is 1. The van der Waals surface area contributed by atoms with E-state index < -0.39 is 0 Å². The van der Waals surface area contributed by atoms with Crippen LogP contribution in [0.5, 0.6) is 0 Å². The Hall–Kier alpha value is -3.97. The molecule has 2 aromatic carbocycles. The number of amides is 1. The van der Waals surface area contributed by atoms with Crippen LogP contribution in [0.4, 0.5) is 5.82 Å². The molecule has 2 atom stereocenters. The minimum Gasteiger partial charge on any atom is -0.383 e. The zero-order valence-corrected chi connectivity index (χ0v) is 19.7. The summed E-state index contributed by atoms with van der Waals surface area (Å²) >= 11 is 0. The summed E-state index contributed by atoms with van der Waals surface area (Å²) in [6, 6.07) is 20.4. The van der Waals surface area contributed by atoms with Crippen LogP contribution < -0.4 is 11.1 Å². The molecule has 0 radical (unpaired) electrons. The molecule has 2 heterocycles. The Morgan fingerprint density at radius 2 is 1.80 bits per heavy atom. The van der Waals surface area contributed by atoms with Crippen molar-refractivity contribution in [1.82, 2.24) is 20.1 Å². The largest absolute Gasteiger partial charge is 0.383 e. The molecule has 35 heavy (non-hydrogen) atoms. The number of carbonyl (C=O) groups excluding carboxylic acids is 1. The first-order valence-electron chi connectivity index (χ1n) is 11.9. The predicted molar refractivity (Wildman–Crippen MR) is 136 cm³/mol. The van der Waals surface area contributed by atoms with Gasteiger partial charge in [0.1, 0.15) is 5.82 Å². The van der Waals surface area contributed by atoms with Crippen molar-refractivity contribution < 1.29 is 9.53 Å². The van der Waals surface area contributed by atoms with Crippen LogP contribution in [0, 0.1) is 0 Å². The Morgan fingerprint density at radius 1 is 1.03 bits per heavy atom. The van der Waals surface area contributed by atoms with E-state index in [0.717, 1.165) is 36.0 Å². The van der Waals surface area contributed by atoms with E-state index in [2.05, 4.69) is 51.8 Å². The third kappa shape index (κ3) is 5.25. The molecular formula is C28H29N5O2. The van der Waals surface area contributed by atoms with Crippen LogP contribution in [-0.4, -0.2) is 32.8 Å².